The average Bonchev–Trinajstić information content (AvgIpc) is 2.89. The first-order valence-electron chi connectivity index (χ1n) is 12.8. The fourth-order valence-electron chi connectivity index (χ4n) is 4.67. The minimum Gasteiger partial charge on any atom is -0.313 e. The summed E-state index contributed by atoms with van der Waals surface area (Å²) in [5.74, 6) is 0. The first-order valence-corrected chi connectivity index (χ1v) is 12.8. The Labute approximate surface area is 205 Å². The Hall–Kier alpha value is -2.94. The van der Waals surface area contributed by atoms with Gasteiger partial charge in [-0.3, -0.25) is 0 Å². The number of hydrogen-bond donors (Lipinski definition) is 1. The second-order valence-corrected chi connectivity index (χ2v) is 9.36. The Kier molecular flexibility index (Phi) is 9.30. The molecule has 0 aliphatic rings. The summed E-state index contributed by atoms with van der Waals surface area (Å²) >= 11 is 0. The van der Waals surface area contributed by atoms with Crippen molar-refractivity contribution >= 4 is 10.8 Å². The quantitative estimate of drug-likeness (QED) is 0.223. The Morgan fingerprint density at radius 2 is 1.32 bits per heavy atom. The van der Waals surface area contributed by atoms with Crippen LogP contribution in [0.2, 0.25) is 0 Å². The topological polar surface area (TPSA) is 15.3 Å². The molecule has 0 aliphatic carbocycles. The normalized spacial score (nSPS) is 12.3. The van der Waals surface area contributed by atoms with Crippen molar-refractivity contribution in [3.63, 3.8) is 0 Å². The van der Waals surface area contributed by atoms with Gasteiger partial charge in [-0.2, -0.15) is 0 Å². The van der Waals surface area contributed by atoms with E-state index in [0.29, 0.717) is 6.04 Å². The molecule has 0 saturated heterocycles. The SMILES string of the molecule is CC(CCNCc1ccccc1)N(CCCc1ccccc1)CCc1ccc2ccccc2c1. The number of benzene rings is 4. The number of nitrogens with one attached hydrogen (secondary N) is 1. The van der Waals surface area contributed by atoms with Crippen molar-refractivity contribution in [2.45, 2.75) is 45.2 Å². The van der Waals surface area contributed by atoms with E-state index in [1.54, 1.807) is 0 Å². The van der Waals surface area contributed by atoms with Gasteiger partial charge in [-0.1, -0.05) is 103 Å². The molecule has 1 N–H and O–H groups in total. The van der Waals surface area contributed by atoms with Gasteiger partial charge in [0, 0.05) is 19.1 Å². The highest BCUT2D eigenvalue weighted by Gasteiger charge is 2.14. The van der Waals surface area contributed by atoms with Gasteiger partial charge in [0.25, 0.3) is 0 Å². The van der Waals surface area contributed by atoms with E-state index in [4.69, 9.17) is 0 Å². The van der Waals surface area contributed by atoms with Crippen LogP contribution >= 0.6 is 0 Å². The van der Waals surface area contributed by atoms with Crippen molar-refractivity contribution < 1.29 is 0 Å². The van der Waals surface area contributed by atoms with Crippen LogP contribution in [-0.2, 0) is 19.4 Å². The molecule has 0 radical (unpaired) electrons. The summed E-state index contributed by atoms with van der Waals surface area (Å²) in [7, 11) is 0. The molecule has 1 unspecified atom stereocenters. The van der Waals surface area contributed by atoms with Crippen LogP contribution in [0.3, 0.4) is 0 Å². The van der Waals surface area contributed by atoms with E-state index >= 15 is 0 Å². The molecule has 4 aromatic carbocycles. The molecule has 4 aromatic rings. The summed E-state index contributed by atoms with van der Waals surface area (Å²) < 4.78 is 0. The molecule has 1 atom stereocenters. The van der Waals surface area contributed by atoms with Crippen molar-refractivity contribution in [1.29, 1.82) is 0 Å². The Morgan fingerprint density at radius 3 is 2.09 bits per heavy atom. The fourth-order valence-corrected chi connectivity index (χ4v) is 4.67. The van der Waals surface area contributed by atoms with Gasteiger partial charge in [-0.15, -0.1) is 0 Å². The van der Waals surface area contributed by atoms with Gasteiger partial charge in [0.15, 0.2) is 0 Å². The number of aryl methyl sites for hydroxylation is 1. The van der Waals surface area contributed by atoms with E-state index in [2.05, 4.69) is 120 Å². The summed E-state index contributed by atoms with van der Waals surface area (Å²) in [4.78, 5) is 2.70. The lowest BCUT2D eigenvalue weighted by molar-refractivity contribution is 0.198. The summed E-state index contributed by atoms with van der Waals surface area (Å²) in [6.45, 7) is 6.63. The summed E-state index contributed by atoms with van der Waals surface area (Å²) in [5, 5.41) is 6.30. The zero-order valence-electron chi connectivity index (χ0n) is 20.5. The molecule has 2 heteroatoms. The second-order valence-electron chi connectivity index (χ2n) is 9.36. The largest absolute Gasteiger partial charge is 0.313 e. The van der Waals surface area contributed by atoms with E-state index in [0.717, 1.165) is 45.4 Å². The smallest absolute Gasteiger partial charge is 0.0205 e. The van der Waals surface area contributed by atoms with Gasteiger partial charge < -0.3 is 10.2 Å². The third-order valence-electron chi connectivity index (χ3n) is 6.79. The lowest BCUT2D eigenvalue weighted by atomic mass is 10.0. The molecular weight excluding hydrogens is 412 g/mol. The first-order chi connectivity index (χ1) is 16.8. The zero-order valence-corrected chi connectivity index (χ0v) is 20.5. The monoisotopic (exact) mass is 450 g/mol. The number of rotatable bonds is 13. The highest BCUT2D eigenvalue weighted by molar-refractivity contribution is 5.82. The van der Waals surface area contributed by atoms with Gasteiger partial charge in [0.05, 0.1) is 0 Å². The molecule has 0 spiro atoms. The zero-order chi connectivity index (χ0) is 23.4. The van der Waals surface area contributed by atoms with E-state index in [1.165, 1.54) is 33.9 Å². The van der Waals surface area contributed by atoms with Crippen LogP contribution in [0.1, 0.15) is 36.5 Å². The highest BCUT2D eigenvalue weighted by Crippen LogP contribution is 2.17. The van der Waals surface area contributed by atoms with Crippen LogP contribution in [0.5, 0.6) is 0 Å². The standard InChI is InChI=1S/C32H38N2/c1-27(20-22-33-26-30-13-6-3-7-14-30)34(23-10-15-28-11-4-2-5-12-28)24-21-29-18-19-31-16-8-9-17-32(31)25-29/h2-9,11-14,16-19,25,27,33H,10,15,20-24,26H2,1H3. The molecular formula is C32H38N2. The lowest BCUT2D eigenvalue weighted by Gasteiger charge is -2.29. The van der Waals surface area contributed by atoms with E-state index < -0.39 is 0 Å². The van der Waals surface area contributed by atoms with Gasteiger partial charge in [-0.25, -0.2) is 0 Å². The van der Waals surface area contributed by atoms with Crippen molar-refractivity contribution in [2.24, 2.45) is 0 Å². The highest BCUT2D eigenvalue weighted by atomic mass is 15.1. The number of nitrogens with zero attached hydrogens (tertiary/aromatic N) is 1. The molecule has 0 heterocycles. The Morgan fingerprint density at radius 1 is 0.647 bits per heavy atom. The van der Waals surface area contributed by atoms with Crippen LogP contribution in [0.25, 0.3) is 10.8 Å². The Bertz CT molecular complexity index is 1110. The second kappa shape index (κ2) is 13.1. The van der Waals surface area contributed by atoms with E-state index in [9.17, 15) is 0 Å². The first kappa shape index (κ1) is 24.2. The molecule has 0 bridgehead atoms. The predicted molar refractivity (Wildman–Crippen MR) is 146 cm³/mol. The molecule has 0 aromatic heterocycles. The summed E-state index contributed by atoms with van der Waals surface area (Å²) in [6, 6.07) is 37.7. The van der Waals surface area contributed by atoms with Crippen LogP contribution in [0, 0.1) is 0 Å². The van der Waals surface area contributed by atoms with Gasteiger partial charge in [0.1, 0.15) is 0 Å². The minimum atomic E-state index is 0.555. The maximum atomic E-state index is 3.64. The van der Waals surface area contributed by atoms with E-state index in [-0.39, 0.29) is 0 Å². The summed E-state index contributed by atoms with van der Waals surface area (Å²) in [6.07, 6.45) is 4.60. The van der Waals surface area contributed by atoms with Gasteiger partial charge in [-0.05, 0) is 73.2 Å². The minimum absolute atomic E-state index is 0.555. The maximum Gasteiger partial charge on any atom is 0.0205 e. The van der Waals surface area contributed by atoms with Gasteiger partial charge >= 0.3 is 0 Å². The molecule has 0 aliphatic heterocycles. The molecule has 0 saturated carbocycles. The average molecular weight is 451 g/mol. The molecule has 4 rings (SSSR count). The van der Waals surface area contributed by atoms with Crippen LogP contribution in [-0.4, -0.2) is 30.6 Å². The molecule has 0 amide bonds. The molecule has 0 fully saturated rings. The van der Waals surface area contributed by atoms with E-state index in [1.807, 2.05) is 0 Å². The van der Waals surface area contributed by atoms with Crippen molar-refractivity contribution in [1.82, 2.24) is 10.2 Å². The number of fused-ring (bicyclic) bond motifs is 1. The van der Waals surface area contributed by atoms with Crippen molar-refractivity contribution in [3.8, 4) is 0 Å². The van der Waals surface area contributed by atoms with Crippen LogP contribution in [0.4, 0.5) is 0 Å². The predicted octanol–water partition coefficient (Wildman–Crippen LogP) is 6.89. The molecule has 176 valence electrons. The van der Waals surface area contributed by atoms with Crippen LogP contribution in [0.15, 0.2) is 103 Å². The molecule has 2 nitrogen and oxygen atoms in total. The third-order valence-corrected chi connectivity index (χ3v) is 6.79. The summed E-state index contributed by atoms with van der Waals surface area (Å²) in [5.41, 5.74) is 4.22. The van der Waals surface area contributed by atoms with Gasteiger partial charge in [0.2, 0.25) is 0 Å². The van der Waals surface area contributed by atoms with Crippen molar-refractivity contribution in [2.75, 3.05) is 19.6 Å². The molecule has 34 heavy (non-hydrogen) atoms. The van der Waals surface area contributed by atoms with Crippen molar-refractivity contribution in [3.05, 3.63) is 120 Å². The third kappa shape index (κ3) is 7.55. The van der Waals surface area contributed by atoms with Crippen LogP contribution < -0.4 is 5.32 Å². The fraction of sp³-hybridized carbons (Fsp3) is 0.312. The number of hydrogen-bond acceptors (Lipinski definition) is 2. The lowest BCUT2D eigenvalue weighted by Crippen LogP contribution is -2.37. The maximum absolute atomic E-state index is 3.64. The Balaban J connectivity index is 1.31.